The number of aryl methyl sites for hydroxylation is 2. The zero-order valence-electron chi connectivity index (χ0n) is 11.1. The molecule has 0 aromatic heterocycles. The van der Waals surface area contributed by atoms with Gasteiger partial charge in [0, 0.05) is 17.4 Å². The van der Waals surface area contributed by atoms with Crippen molar-refractivity contribution in [3.05, 3.63) is 70.3 Å². The molecule has 4 rings (SSSR count). The van der Waals surface area contributed by atoms with E-state index in [1.54, 1.807) is 0 Å². The molecule has 1 spiro atoms. The van der Waals surface area contributed by atoms with Crippen LogP contribution in [0.5, 0.6) is 0 Å². The van der Waals surface area contributed by atoms with E-state index in [1.165, 1.54) is 22.3 Å². The Labute approximate surface area is 113 Å². The topological polar surface area (TPSA) is 17.1 Å². The molecule has 2 aliphatic rings. The van der Waals surface area contributed by atoms with Crippen molar-refractivity contribution in [3.63, 3.8) is 0 Å². The van der Waals surface area contributed by atoms with Gasteiger partial charge in [0.15, 0.2) is 5.78 Å². The zero-order valence-corrected chi connectivity index (χ0v) is 11.1. The van der Waals surface area contributed by atoms with Crippen molar-refractivity contribution in [1.29, 1.82) is 0 Å². The van der Waals surface area contributed by atoms with Gasteiger partial charge in [-0.25, -0.2) is 0 Å². The molecule has 0 bridgehead atoms. The number of carbonyl (C=O) groups is 1. The smallest absolute Gasteiger partial charge is 0.164 e. The summed E-state index contributed by atoms with van der Waals surface area (Å²) >= 11 is 0. The summed E-state index contributed by atoms with van der Waals surface area (Å²) in [4.78, 5) is 12.3. The molecule has 0 amide bonds. The standard InChI is InChI=1S/C18H16O/c1-12-6-7-13-8-9-18(16(13)10-12)11-17(19)14-4-2-3-5-15(14)18/h2-7,10H,8-9,11H2,1H3. The van der Waals surface area contributed by atoms with Gasteiger partial charge in [0.1, 0.15) is 0 Å². The molecule has 0 radical (unpaired) electrons. The summed E-state index contributed by atoms with van der Waals surface area (Å²) < 4.78 is 0. The first-order valence-corrected chi connectivity index (χ1v) is 6.93. The fourth-order valence-corrected chi connectivity index (χ4v) is 3.91. The van der Waals surface area contributed by atoms with Crippen LogP contribution in [0, 0.1) is 6.92 Å². The molecule has 0 heterocycles. The highest BCUT2D eigenvalue weighted by Gasteiger charge is 2.47. The normalized spacial score (nSPS) is 23.7. The lowest BCUT2D eigenvalue weighted by Crippen LogP contribution is -2.21. The number of Topliss-reactive ketones (excluding diaryl/α,β-unsaturated/α-hetero) is 1. The SMILES string of the molecule is Cc1ccc2c(c1)C1(CC2)CC(=O)c2ccccc21. The van der Waals surface area contributed by atoms with E-state index < -0.39 is 0 Å². The molecule has 2 aliphatic carbocycles. The van der Waals surface area contributed by atoms with Crippen LogP contribution in [0.3, 0.4) is 0 Å². The maximum absolute atomic E-state index is 12.3. The minimum absolute atomic E-state index is 0.0327. The van der Waals surface area contributed by atoms with E-state index in [0.29, 0.717) is 12.2 Å². The Bertz CT molecular complexity index is 699. The van der Waals surface area contributed by atoms with Crippen molar-refractivity contribution in [3.8, 4) is 0 Å². The van der Waals surface area contributed by atoms with Crippen LogP contribution >= 0.6 is 0 Å². The Hall–Kier alpha value is -1.89. The number of fused-ring (bicyclic) bond motifs is 4. The van der Waals surface area contributed by atoms with E-state index >= 15 is 0 Å². The molecule has 1 unspecified atom stereocenters. The molecule has 0 fully saturated rings. The summed E-state index contributed by atoms with van der Waals surface area (Å²) in [6.45, 7) is 2.13. The number of hydrogen-bond acceptors (Lipinski definition) is 1. The van der Waals surface area contributed by atoms with Crippen molar-refractivity contribution < 1.29 is 4.79 Å². The van der Waals surface area contributed by atoms with Gasteiger partial charge in [0.2, 0.25) is 0 Å². The van der Waals surface area contributed by atoms with Crippen LogP contribution in [0.1, 0.15) is 45.5 Å². The predicted molar refractivity (Wildman–Crippen MR) is 75.7 cm³/mol. The van der Waals surface area contributed by atoms with Gasteiger partial charge >= 0.3 is 0 Å². The third-order valence-electron chi connectivity index (χ3n) is 4.81. The lowest BCUT2D eigenvalue weighted by molar-refractivity contribution is 0.0979. The summed E-state index contributed by atoms with van der Waals surface area (Å²) in [6, 6.07) is 14.9. The molecule has 0 saturated carbocycles. The third-order valence-corrected chi connectivity index (χ3v) is 4.81. The highest BCUT2D eigenvalue weighted by Crippen LogP contribution is 2.52. The molecular weight excluding hydrogens is 232 g/mol. The van der Waals surface area contributed by atoms with Crippen LogP contribution < -0.4 is 0 Å². The zero-order chi connectivity index (χ0) is 13.0. The van der Waals surface area contributed by atoms with E-state index in [2.05, 4.69) is 37.3 Å². The minimum Gasteiger partial charge on any atom is -0.294 e. The first-order chi connectivity index (χ1) is 9.21. The lowest BCUT2D eigenvalue weighted by atomic mass is 9.76. The minimum atomic E-state index is -0.0327. The molecule has 0 saturated heterocycles. The van der Waals surface area contributed by atoms with E-state index in [0.717, 1.165) is 18.4 Å². The molecule has 94 valence electrons. The van der Waals surface area contributed by atoms with Crippen LogP contribution in [0.2, 0.25) is 0 Å². The lowest BCUT2D eigenvalue weighted by Gasteiger charge is -2.25. The summed E-state index contributed by atoms with van der Waals surface area (Å²) in [6.07, 6.45) is 2.83. The molecule has 1 heteroatoms. The molecule has 19 heavy (non-hydrogen) atoms. The molecule has 1 nitrogen and oxygen atoms in total. The highest BCUT2D eigenvalue weighted by molar-refractivity contribution is 6.03. The average molecular weight is 248 g/mol. The summed E-state index contributed by atoms with van der Waals surface area (Å²) in [5.41, 5.74) is 6.27. The van der Waals surface area contributed by atoms with Gasteiger partial charge in [0.25, 0.3) is 0 Å². The maximum atomic E-state index is 12.3. The molecule has 2 aromatic carbocycles. The largest absolute Gasteiger partial charge is 0.294 e. The second-order valence-electron chi connectivity index (χ2n) is 5.89. The third kappa shape index (κ3) is 1.33. The quantitative estimate of drug-likeness (QED) is 0.692. The fraction of sp³-hybridized carbons (Fsp3) is 0.278. The molecule has 0 aliphatic heterocycles. The number of benzene rings is 2. The van der Waals surface area contributed by atoms with E-state index in [1.807, 2.05) is 12.1 Å². The van der Waals surface area contributed by atoms with Gasteiger partial charge in [0.05, 0.1) is 0 Å². The van der Waals surface area contributed by atoms with Crippen LogP contribution in [0.4, 0.5) is 0 Å². The molecule has 2 aromatic rings. The van der Waals surface area contributed by atoms with Crippen LogP contribution in [0.25, 0.3) is 0 Å². The fourth-order valence-electron chi connectivity index (χ4n) is 3.91. The summed E-state index contributed by atoms with van der Waals surface area (Å²) in [5, 5.41) is 0. The number of carbonyl (C=O) groups excluding carboxylic acids is 1. The second kappa shape index (κ2) is 3.57. The van der Waals surface area contributed by atoms with Crippen molar-refractivity contribution in [2.75, 3.05) is 0 Å². The Kier molecular flexibility index (Phi) is 2.06. The van der Waals surface area contributed by atoms with Gasteiger partial charge in [-0.15, -0.1) is 0 Å². The van der Waals surface area contributed by atoms with Crippen LogP contribution in [-0.4, -0.2) is 5.78 Å². The van der Waals surface area contributed by atoms with Gasteiger partial charge in [-0.05, 0) is 36.5 Å². The van der Waals surface area contributed by atoms with Gasteiger partial charge in [-0.1, -0.05) is 48.0 Å². The van der Waals surface area contributed by atoms with Crippen LogP contribution in [-0.2, 0) is 11.8 Å². The number of rotatable bonds is 0. The van der Waals surface area contributed by atoms with E-state index in [9.17, 15) is 4.79 Å². The van der Waals surface area contributed by atoms with Gasteiger partial charge in [-0.3, -0.25) is 4.79 Å². The number of ketones is 1. The first-order valence-electron chi connectivity index (χ1n) is 6.93. The second-order valence-corrected chi connectivity index (χ2v) is 5.89. The summed E-state index contributed by atoms with van der Waals surface area (Å²) in [7, 11) is 0. The van der Waals surface area contributed by atoms with Crippen molar-refractivity contribution in [1.82, 2.24) is 0 Å². The molecule has 1 atom stereocenters. The van der Waals surface area contributed by atoms with Crippen molar-refractivity contribution in [2.45, 2.75) is 31.6 Å². The summed E-state index contributed by atoms with van der Waals surface area (Å²) in [5.74, 6) is 0.310. The van der Waals surface area contributed by atoms with Crippen molar-refractivity contribution in [2.24, 2.45) is 0 Å². The van der Waals surface area contributed by atoms with Gasteiger partial charge in [-0.2, -0.15) is 0 Å². The Balaban J connectivity index is 2.01. The Morgan fingerprint density at radius 2 is 1.89 bits per heavy atom. The Morgan fingerprint density at radius 1 is 1.05 bits per heavy atom. The first kappa shape index (κ1) is 11.0. The predicted octanol–water partition coefficient (Wildman–Crippen LogP) is 3.81. The average Bonchev–Trinajstić information content (AvgIpc) is 2.92. The highest BCUT2D eigenvalue weighted by atomic mass is 16.1. The maximum Gasteiger partial charge on any atom is 0.164 e. The van der Waals surface area contributed by atoms with Crippen molar-refractivity contribution >= 4 is 5.78 Å². The molecular formula is C18H16O. The number of hydrogen-bond donors (Lipinski definition) is 0. The van der Waals surface area contributed by atoms with E-state index in [4.69, 9.17) is 0 Å². The van der Waals surface area contributed by atoms with Gasteiger partial charge < -0.3 is 0 Å². The van der Waals surface area contributed by atoms with Crippen LogP contribution in [0.15, 0.2) is 42.5 Å². The monoisotopic (exact) mass is 248 g/mol. The Morgan fingerprint density at radius 3 is 2.79 bits per heavy atom. The molecule has 0 N–H and O–H groups in total. The van der Waals surface area contributed by atoms with E-state index in [-0.39, 0.29) is 5.41 Å².